The third-order valence-corrected chi connectivity index (χ3v) is 2.98. The summed E-state index contributed by atoms with van der Waals surface area (Å²) in [5.41, 5.74) is 1.01. The fraction of sp³-hybridized carbons (Fsp3) is 0.385. The summed E-state index contributed by atoms with van der Waals surface area (Å²) in [7, 11) is 0. The maximum Gasteiger partial charge on any atom is 0.230 e. The van der Waals surface area contributed by atoms with Crippen molar-refractivity contribution in [2.45, 2.75) is 25.3 Å². The van der Waals surface area contributed by atoms with Gasteiger partial charge in [0.1, 0.15) is 0 Å². The first-order chi connectivity index (χ1) is 8.22. The molecule has 0 spiro atoms. The van der Waals surface area contributed by atoms with Crippen LogP contribution in [0.4, 0.5) is 0 Å². The van der Waals surface area contributed by atoms with Gasteiger partial charge in [0.2, 0.25) is 11.8 Å². The Labute approximate surface area is 99.9 Å². The fourth-order valence-electron chi connectivity index (χ4n) is 2.12. The van der Waals surface area contributed by atoms with Crippen LogP contribution in [0.5, 0.6) is 0 Å². The molecule has 1 aliphatic heterocycles. The van der Waals surface area contributed by atoms with Crippen LogP contribution in [-0.4, -0.2) is 34.5 Å². The summed E-state index contributed by atoms with van der Waals surface area (Å²) >= 11 is 0. The Kier molecular flexibility index (Phi) is 3.54. The van der Waals surface area contributed by atoms with E-state index in [1.807, 2.05) is 30.3 Å². The van der Waals surface area contributed by atoms with Gasteiger partial charge in [-0.2, -0.15) is 0 Å². The monoisotopic (exact) mass is 233 g/mol. The molecule has 0 aromatic heterocycles. The van der Waals surface area contributed by atoms with Gasteiger partial charge < -0.3 is 5.11 Å². The number of hydrogen-bond acceptors (Lipinski definition) is 3. The minimum Gasteiger partial charge on any atom is -0.394 e. The molecule has 2 rings (SSSR count). The molecule has 1 aliphatic rings. The molecule has 1 atom stereocenters. The first-order valence-corrected chi connectivity index (χ1v) is 5.72. The number of nitrogens with zero attached hydrogens (tertiary/aromatic N) is 1. The Balaban J connectivity index is 2.11. The van der Waals surface area contributed by atoms with Crippen molar-refractivity contribution in [1.29, 1.82) is 0 Å². The molecule has 4 nitrogen and oxygen atoms in total. The predicted octanol–water partition coefficient (Wildman–Crippen LogP) is 0.739. The molecule has 1 N–H and O–H groups in total. The van der Waals surface area contributed by atoms with Crippen LogP contribution in [0.15, 0.2) is 30.3 Å². The average Bonchev–Trinajstić information content (AvgIpc) is 2.68. The minimum atomic E-state index is -0.431. The lowest BCUT2D eigenvalue weighted by molar-refractivity contribution is -0.142. The Morgan fingerprint density at radius 1 is 1.12 bits per heavy atom. The number of hydrogen-bond donors (Lipinski definition) is 1. The quantitative estimate of drug-likeness (QED) is 0.780. The van der Waals surface area contributed by atoms with Gasteiger partial charge in [-0.15, -0.1) is 0 Å². The molecule has 1 saturated heterocycles. The van der Waals surface area contributed by atoms with Gasteiger partial charge >= 0.3 is 0 Å². The van der Waals surface area contributed by atoms with E-state index in [4.69, 9.17) is 0 Å². The molecule has 0 bridgehead atoms. The van der Waals surface area contributed by atoms with Crippen LogP contribution in [0.2, 0.25) is 0 Å². The lowest BCUT2D eigenvalue weighted by atomic mass is 10.1. The standard InChI is InChI=1S/C13H15NO3/c15-9-11(8-10-4-2-1-3-5-10)14-12(16)6-7-13(14)17/h1-5,11,15H,6-9H2. The van der Waals surface area contributed by atoms with Gasteiger partial charge in [-0.05, 0) is 12.0 Å². The van der Waals surface area contributed by atoms with Crippen molar-refractivity contribution < 1.29 is 14.7 Å². The SMILES string of the molecule is O=C1CCC(=O)N1C(CO)Cc1ccccc1. The molecule has 1 heterocycles. The van der Waals surface area contributed by atoms with E-state index in [0.717, 1.165) is 5.56 Å². The molecule has 4 heteroatoms. The van der Waals surface area contributed by atoms with Crippen molar-refractivity contribution >= 4 is 11.8 Å². The first-order valence-electron chi connectivity index (χ1n) is 5.72. The smallest absolute Gasteiger partial charge is 0.230 e. The fourth-order valence-corrected chi connectivity index (χ4v) is 2.12. The summed E-state index contributed by atoms with van der Waals surface area (Å²) in [4.78, 5) is 24.4. The highest BCUT2D eigenvalue weighted by Gasteiger charge is 2.34. The van der Waals surface area contributed by atoms with Gasteiger partial charge in [-0.1, -0.05) is 30.3 Å². The summed E-state index contributed by atoms with van der Waals surface area (Å²) in [5.74, 6) is -0.352. The topological polar surface area (TPSA) is 57.6 Å². The van der Waals surface area contributed by atoms with E-state index in [0.29, 0.717) is 6.42 Å². The molecule has 1 aromatic carbocycles. The van der Waals surface area contributed by atoms with E-state index >= 15 is 0 Å². The normalized spacial score (nSPS) is 17.6. The van der Waals surface area contributed by atoms with Crippen LogP contribution in [0, 0.1) is 0 Å². The van der Waals surface area contributed by atoms with Crippen molar-refractivity contribution in [2.24, 2.45) is 0 Å². The maximum atomic E-state index is 11.6. The van der Waals surface area contributed by atoms with Gasteiger partial charge in [-0.25, -0.2) is 0 Å². The van der Waals surface area contributed by atoms with Gasteiger partial charge in [0.25, 0.3) is 0 Å². The Bertz CT molecular complexity index is 400. The number of imide groups is 1. The zero-order valence-corrected chi connectivity index (χ0v) is 9.50. The molecule has 1 unspecified atom stereocenters. The maximum absolute atomic E-state index is 11.6. The summed E-state index contributed by atoms with van der Waals surface area (Å²) < 4.78 is 0. The second-order valence-corrected chi connectivity index (χ2v) is 4.18. The van der Waals surface area contributed by atoms with Crippen molar-refractivity contribution in [1.82, 2.24) is 4.90 Å². The van der Waals surface area contributed by atoms with Crippen molar-refractivity contribution in [3.8, 4) is 0 Å². The number of likely N-dealkylation sites (tertiary alicyclic amines) is 1. The highest BCUT2D eigenvalue weighted by atomic mass is 16.3. The summed E-state index contributed by atoms with van der Waals surface area (Å²) in [6, 6.07) is 9.12. The number of carbonyl (C=O) groups excluding carboxylic acids is 2. The number of aliphatic hydroxyl groups is 1. The van der Waals surface area contributed by atoms with Crippen LogP contribution in [0.25, 0.3) is 0 Å². The van der Waals surface area contributed by atoms with E-state index in [1.165, 1.54) is 4.90 Å². The lowest BCUT2D eigenvalue weighted by Crippen LogP contribution is -2.43. The van der Waals surface area contributed by atoms with E-state index in [1.54, 1.807) is 0 Å². The van der Waals surface area contributed by atoms with Crippen LogP contribution in [-0.2, 0) is 16.0 Å². The Morgan fingerprint density at radius 3 is 2.24 bits per heavy atom. The molecule has 0 aliphatic carbocycles. The number of rotatable bonds is 4. The second-order valence-electron chi connectivity index (χ2n) is 4.18. The largest absolute Gasteiger partial charge is 0.394 e. The van der Waals surface area contributed by atoms with Crippen LogP contribution < -0.4 is 0 Å². The zero-order valence-electron chi connectivity index (χ0n) is 9.50. The van der Waals surface area contributed by atoms with Gasteiger partial charge in [0.05, 0.1) is 12.6 Å². The van der Waals surface area contributed by atoms with Crippen LogP contribution in [0.1, 0.15) is 18.4 Å². The van der Waals surface area contributed by atoms with Crippen LogP contribution in [0.3, 0.4) is 0 Å². The molecule has 0 radical (unpaired) electrons. The molecule has 17 heavy (non-hydrogen) atoms. The molecule has 1 aromatic rings. The van der Waals surface area contributed by atoms with E-state index in [2.05, 4.69) is 0 Å². The number of benzene rings is 1. The van der Waals surface area contributed by atoms with E-state index in [-0.39, 0.29) is 31.3 Å². The van der Waals surface area contributed by atoms with E-state index in [9.17, 15) is 14.7 Å². The molecular formula is C13H15NO3. The van der Waals surface area contributed by atoms with Gasteiger partial charge in [0, 0.05) is 12.8 Å². The number of carbonyl (C=O) groups is 2. The third kappa shape index (κ3) is 2.53. The highest BCUT2D eigenvalue weighted by molar-refractivity contribution is 6.02. The Morgan fingerprint density at radius 2 is 1.71 bits per heavy atom. The first kappa shape index (κ1) is 11.8. The Hall–Kier alpha value is -1.68. The summed E-state index contributed by atoms with van der Waals surface area (Å²) in [5, 5.41) is 9.34. The zero-order chi connectivity index (χ0) is 12.3. The highest BCUT2D eigenvalue weighted by Crippen LogP contribution is 2.18. The molecule has 0 saturated carbocycles. The molecule has 2 amide bonds. The second kappa shape index (κ2) is 5.10. The number of aliphatic hydroxyl groups excluding tert-OH is 1. The lowest BCUT2D eigenvalue weighted by Gasteiger charge is -2.24. The molecule has 1 fully saturated rings. The summed E-state index contributed by atoms with van der Waals surface area (Å²) in [6.45, 7) is -0.188. The van der Waals surface area contributed by atoms with Crippen LogP contribution >= 0.6 is 0 Å². The third-order valence-electron chi connectivity index (χ3n) is 2.98. The molecular weight excluding hydrogens is 218 g/mol. The van der Waals surface area contributed by atoms with Crippen molar-refractivity contribution in [3.63, 3.8) is 0 Å². The minimum absolute atomic E-state index is 0.176. The number of amides is 2. The average molecular weight is 233 g/mol. The van der Waals surface area contributed by atoms with Crippen molar-refractivity contribution in [2.75, 3.05) is 6.61 Å². The summed E-state index contributed by atoms with van der Waals surface area (Å²) in [6.07, 6.45) is 1.04. The van der Waals surface area contributed by atoms with Crippen molar-refractivity contribution in [3.05, 3.63) is 35.9 Å². The van der Waals surface area contributed by atoms with Gasteiger partial charge in [0.15, 0.2) is 0 Å². The van der Waals surface area contributed by atoms with Gasteiger partial charge in [-0.3, -0.25) is 14.5 Å². The van der Waals surface area contributed by atoms with E-state index < -0.39 is 6.04 Å². The molecule has 90 valence electrons. The predicted molar refractivity (Wildman–Crippen MR) is 62.1 cm³/mol.